The van der Waals surface area contributed by atoms with E-state index in [1.165, 1.54) is 97.1 Å². The summed E-state index contributed by atoms with van der Waals surface area (Å²) in [4.78, 5) is 68.8. The van der Waals surface area contributed by atoms with E-state index in [0.29, 0.717) is 12.8 Å². The molecular weight excluding hydrogens is 1180 g/mol. The molecule has 14 N–H and O–H groups in total. The predicted molar refractivity (Wildman–Crippen MR) is 349 cm³/mol. The van der Waals surface area contributed by atoms with Crippen LogP contribution in [-0.2, 0) is 50.4 Å². The Balaban J connectivity index is 0.000000591. The van der Waals surface area contributed by atoms with E-state index in [9.17, 15) is 90.0 Å². The van der Waals surface area contributed by atoms with Crippen LogP contribution in [0.3, 0.4) is 0 Å². The number of aromatic hydroxyl groups is 8. The quantitative estimate of drug-likeness (QED) is 0.0355. The Bertz CT molecular complexity index is 3080. The molecule has 92 heavy (non-hydrogen) atoms. The lowest BCUT2D eigenvalue weighted by Crippen LogP contribution is -2.44. The molecule has 0 atom stereocenters. The van der Waals surface area contributed by atoms with E-state index in [0.717, 1.165) is 22.3 Å². The molecule has 0 unspecified atom stereocenters. The predicted octanol–water partition coefficient (Wildman–Crippen LogP) is 13.7. The van der Waals surface area contributed by atoms with Gasteiger partial charge in [0.05, 0.1) is 0 Å². The van der Waals surface area contributed by atoms with Gasteiger partial charge in [-0.25, -0.2) is 0 Å². The summed E-state index contributed by atoms with van der Waals surface area (Å²) in [5, 5.41) is 131. The minimum Gasteiger partial charge on any atom is -0.508 e. The zero-order valence-corrected chi connectivity index (χ0v) is 53.0. The molecule has 0 spiro atoms. The van der Waals surface area contributed by atoms with Crippen LogP contribution in [0, 0.1) is 0 Å². The fourth-order valence-electron chi connectivity index (χ4n) is 9.29. The number of hydrogen-bond donors (Lipinski definition) is 14. The number of rotatable bonds is 18. The molecule has 0 heterocycles. The van der Waals surface area contributed by atoms with Crippen LogP contribution >= 0.6 is 0 Å². The van der Waals surface area contributed by atoms with Gasteiger partial charge in [0.15, 0.2) is 0 Å². The Labute approximate surface area is 535 Å². The normalized spacial score (nSPS) is 10.5. The lowest BCUT2D eigenvalue weighted by molar-refractivity contribution is -0.157. The highest BCUT2D eigenvalue weighted by molar-refractivity contribution is 6.09. The topological polar surface area (TPSA) is 386 Å². The molecule has 0 aliphatic heterocycles. The van der Waals surface area contributed by atoms with Gasteiger partial charge < -0.3 is 71.5 Å². The molecule has 0 aliphatic carbocycles. The Kier molecular flexibility index (Phi) is 32.4. The van der Waals surface area contributed by atoms with Gasteiger partial charge in [-0.05, 0) is 154 Å². The van der Waals surface area contributed by atoms with Crippen LogP contribution in [0.4, 0.5) is 0 Å². The first-order valence-electron chi connectivity index (χ1n) is 29.3. The fraction of sp³-hybridized carbons (Fsp3) is 0.250. The molecule has 0 bridgehead atoms. The van der Waals surface area contributed by atoms with E-state index in [1.807, 2.05) is 69.2 Å². The molecule has 0 amide bonds. The summed E-state index contributed by atoms with van der Waals surface area (Å²) in [6.45, 7) is 19.9. The van der Waals surface area contributed by atoms with Crippen molar-refractivity contribution < 1.29 is 100 Å². The first-order chi connectivity index (χ1) is 43.6. The van der Waals surface area contributed by atoms with Crippen molar-refractivity contribution >= 4 is 35.8 Å². The summed E-state index contributed by atoms with van der Waals surface area (Å²) in [6, 6.07) is 46.8. The molecule has 20 heteroatoms. The van der Waals surface area contributed by atoms with Crippen LogP contribution in [0.1, 0.15) is 139 Å². The second-order valence-electron chi connectivity index (χ2n) is 19.5. The van der Waals surface area contributed by atoms with Crippen molar-refractivity contribution in [3.8, 4) is 46.0 Å². The molecule has 0 aliphatic rings. The van der Waals surface area contributed by atoms with Crippen molar-refractivity contribution in [2.45, 2.75) is 117 Å². The summed E-state index contributed by atoms with van der Waals surface area (Å²) in [5.41, 5.74) is -1.98. The maximum atomic E-state index is 11.7. The number of carboxylic acid groups (broad SMARTS) is 6. The number of phenols is 8. The van der Waals surface area contributed by atoms with Gasteiger partial charge in [0.2, 0.25) is 10.8 Å². The van der Waals surface area contributed by atoms with Crippen LogP contribution in [0.5, 0.6) is 46.0 Å². The van der Waals surface area contributed by atoms with Crippen LogP contribution < -0.4 is 0 Å². The molecule has 8 aromatic carbocycles. The maximum Gasteiger partial charge on any atom is 0.330 e. The van der Waals surface area contributed by atoms with Crippen molar-refractivity contribution in [2.75, 3.05) is 0 Å². The Morgan fingerprint density at radius 3 is 0.467 bits per heavy atom. The highest BCUT2D eigenvalue weighted by atomic mass is 16.4. The Hall–Kier alpha value is -11.0. The summed E-state index contributed by atoms with van der Waals surface area (Å²) in [7, 11) is 0. The number of aliphatic carboxylic acids is 6. The third-order valence-electron chi connectivity index (χ3n) is 14.2. The smallest absolute Gasteiger partial charge is 0.330 e. The van der Waals surface area contributed by atoms with Crippen molar-refractivity contribution in [3.05, 3.63) is 239 Å². The van der Waals surface area contributed by atoms with Crippen molar-refractivity contribution in [1.82, 2.24) is 0 Å². The first-order valence-corrected chi connectivity index (χ1v) is 29.3. The maximum absolute atomic E-state index is 11.7. The summed E-state index contributed by atoms with van der Waals surface area (Å²) >= 11 is 0. The first kappa shape index (κ1) is 79.0. The van der Waals surface area contributed by atoms with Crippen molar-refractivity contribution in [3.63, 3.8) is 0 Å². The van der Waals surface area contributed by atoms with Crippen LogP contribution in [0.15, 0.2) is 194 Å². The van der Waals surface area contributed by atoms with Gasteiger partial charge in [-0.3, -0.25) is 28.8 Å². The van der Waals surface area contributed by atoms with E-state index in [1.54, 1.807) is 97.1 Å². The van der Waals surface area contributed by atoms with Gasteiger partial charge in [-0.2, -0.15) is 0 Å². The highest BCUT2D eigenvalue weighted by Crippen LogP contribution is 2.41. The number of benzene rings is 8. The third-order valence-corrected chi connectivity index (χ3v) is 14.2. The number of hydrogen-bond acceptors (Lipinski definition) is 14. The lowest BCUT2D eigenvalue weighted by Gasteiger charge is -2.30. The van der Waals surface area contributed by atoms with Crippen molar-refractivity contribution in [1.29, 1.82) is 0 Å². The monoisotopic (exact) mass is 1270 g/mol. The second-order valence-corrected chi connectivity index (χ2v) is 19.5. The van der Waals surface area contributed by atoms with Gasteiger partial charge in [-0.15, -0.1) is 0 Å². The number of phenolic OH excluding ortho intramolecular Hbond substituents is 8. The van der Waals surface area contributed by atoms with E-state index >= 15 is 0 Å². The van der Waals surface area contributed by atoms with E-state index in [2.05, 4.69) is 0 Å². The second kappa shape index (κ2) is 37.7. The van der Waals surface area contributed by atoms with Crippen molar-refractivity contribution in [2.24, 2.45) is 0 Å². The molecule has 0 saturated carbocycles. The van der Waals surface area contributed by atoms with Gasteiger partial charge in [0.25, 0.3) is 0 Å². The zero-order chi connectivity index (χ0) is 70.2. The number of carbonyl (C=O) groups is 6. The summed E-state index contributed by atoms with van der Waals surface area (Å²) in [5.74, 6) is -7.68. The minimum absolute atomic E-state index is 0.00834. The van der Waals surface area contributed by atoms with Gasteiger partial charge in [0.1, 0.15) is 46.0 Å². The molecule has 8 rings (SSSR count). The molecule has 8 aromatic rings. The highest BCUT2D eigenvalue weighted by Gasteiger charge is 2.51. The van der Waals surface area contributed by atoms with Crippen LogP contribution in [-0.4, -0.2) is 107 Å². The molecule has 0 aromatic heterocycles. The van der Waals surface area contributed by atoms with E-state index < -0.39 is 57.5 Å². The number of carboxylic acids is 6. The SMILES string of the molecule is CC.CC.CC.CC.CC(CCC(=O)O)(c1ccc(O)cc1)c1ccc(O)cc1.CC(CCC(=O)O)(c1ccc(O)cc1)c1ccc(O)cc1.O=C(O)C(C(=O)O)(c1ccc(O)cc1)c1ccc(O)cc1.O=C(O)C(C(=O)O)(c1ccc(O)cc1)c1ccc(O)cc1. The molecule has 0 saturated heterocycles. The van der Waals surface area contributed by atoms with Gasteiger partial charge in [-0.1, -0.05) is 166 Å². The van der Waals surface area contributed by atoms with Crippen LogP contribution in [0.2, 0.25) is 0 Å². The Morgan fingerprint density at radius 1 is 0.239 bits per heavy atom. The molecule has 0 fully saturated rings. The fourth-order valence-corrected chi connectivity index (χ4v) is 9.29. The summed E-state index contributed by atoms with van der Waals surface area (Å²) in [6.07, 6.45) is 0.937. The average Bonchev–Trinajstić information content (AvgIpc) is 0.773. The minimum atomic E-state index is -2.32. The lowest BCUT2D eigenvalue weighted by atomic mass is 9.73. The third kappa shape index (κ3) is 20.5. The van der Waals surface area contributed by atoms with E-state index in [4.69, 9.17) is 10.2 Å². The Morgan fingerprint density at radius 2 is 0.359 bits per heavy atom. The molecule has 0 radical (unpaired) electrons. The summed E-state index contributed by atoms with van der Waals surface area (Å²) < 4.78 is 0. The molecular formula is C72H84O20. The van der Waals surface area contributed by atoms with Gasteiger partial charge in [0, 0.05) is 23.7 Å². The molecule has 20 nitrogen and oxygen atoms in total. The zero-order valence-electron chi connectivity index (χ0n) is 53.0. The largest absolute Gasteiger partial charge is 0.508 e. The van der Waals surface area contributed by atoms with E-state index in [-0.39, 0.29) is 81.1 Å². The standard InChI is InChI=1S/2C17H18O4.2C15H12O6.4C2H6/c2*1-17(11-10-16(20)21,12-2-6-14(18)7-3-12)13-4-8-15(19)9-5-13;2*16-11-5-1-9(2-6-11)15(13(18)19,14(20)21)10-3-7-12(17)8-4-10;4*1-2/h2*2-9,18-19H,10-11H2,1H3,(H,20,21);2*1-8,16-17H,(H,18,19)(H,20,21);4*1-2H3. The average molecular weight is 1270 g/mol. The van der Waals surface area contributed by atoms with Gasteiger partial charge >= 0.3 is 35.8 Å². The van der Waals surface area contributed by atoms with Crippen LogP contribution in [0.25, 0.3) is 0 Å². The molecule has 492 valence electrons.